The molecule has 1 aromatic heterocycles. The van der Waals surface area contributed by atoms with Crippen LogP contribution in [0.3, 0.4) is 0 Å². The summed E-state index contributed by atoms with van der Waals surface area (Å²) in [6, 6.07) is 10.3. The largest absolute Gasteiger partial charge is 0.490 e. The molecule has 1 saturated carbocycles. The van der Waals surface area contributed by atoms with Gasteiger partial charge in [-0.2, -0.15) is 0 Å². The second-order valence-electron chi connectivity index (χ2n) is 5.80. The van der Waals surface area contributed by atoms with E-state index in [0.717, 1.165) is 16.7 Å². The normalized spacial score (nSPS) is 17.9. The highest BCUT2D eigenvalue weighted by molar-refractivity contribution is 5.79. The molecule has 4 nitrogen and oxygen atoms in total. The number of ether oxygens (including phenoxy) is 1. The molecule has 1 aliphatic rings. The van der Waals surface area contributed by atoms with E-state index >= 15 is 0 Å². The van der Waals surface area contributed by atoms with Crippen LogP contribution in [-0.4, -0.2) is 34.9 Å². The SMILES string of the molecule is CC(O)(CNC1CC1)COc1ccc2cccnc2c1. The van der Waals surface area contributed by atoms with E-state index in [0.29, 0.717) is 12.6 Å². The Morgan fingerprint density at radius 2 is 2.25 bits per heavy atom. The maximum Gasteiger partial charge on any atom is 0.121 e. The van der Waals surface area contributed by atoms with Crippen LogP contribution in [0.15, 0.2) is 36.5 Å². The van der Waals surface area contributed by atoms with Gasteiger partial charge in [-0.3, -0.25) is 4.98 Å². The lowest BCUT2D eigenvalue weighted by atomic mass is 10.1. The summed E-state index contributed by atoms with van der Waals surface area (Å²) in [5.74, 6) is 0.739. The fourth-order valence-corrected chi connectivity index (χ4v) is 2.08. The van der Waals surface area contributed by atoms with Gasteiger partial charge in [0.15, 0.2) is 0 Å². The Hall–Kier alpha value is -1.65. The molecule has 1 fully saturated rings. The molecule has 1 atom stereocenters. The number of fused-ring (bicyclic) bond motifs is 1. The molecule has 1 unspecified atom stereocenters. The molecular formula is C16H20N2O2. The van der Waals surface area contributed by atoms with Gasteiger partial charge in [0.25, 0.3) is 0 Å². The van der Waals surface area contributed by atoms with Crippen molar-refractivity contribution in [1.82, 2.24) is 10.3 Å². The first-order valence-corrected chi connectivity index (χ1v) is 7.06. The number of aromatic nitrogens is 1. The minimum Gasteiger partial charge on any atom is -0.490 e. The minimum atomic E-state index is -0.859. The fourth-order valence-electron chi connectivity index (χ4n) is 2.08. The van der Waals surface area contributed by atoms with Gasteiger partial charge in [0.05, 0.1) is 5.52 Å². The predicted octanol–water partition coefficient (Wildman–Crippen LogP) is 2.12. The first-order chi connectivity index (χ1) is 9.62. The molecule has 0 bridgehead atoms. The molecule has 4 heteroatoms. The van der Waals surface area contributed by atoms with Crippen LogP contribution in [0.25, 0.3) is 10.9 Å². The van der Waals surface area contributed by atoms with Gasteiger partial charge < -0.3 is 15.2 Å². The molecule has 3 rings (SSSR count). The van der Waals surface area contributed by atoms with E-state index in [1.54, 1.807) is 13.1 Å². The first kappa shape index (κ1) is 13.3. The summed E-state index contributed by atoms with van der Waals surface area (Å²) >= 11 is 0. The van der Waals surface area contributed by atoms with E-state index in [4.69, 9.17) is 4.74 Å². The maximum absolute atomic E-state index is 10.3. The van der Waals surface area contributed by atoms with Crippen LogP contribution in [0.1, 0.15) is 19.8 Å². The summed E-state index contributed by atoms with van der Waals surface area (Å²) in [5, 5.41) is 14.7. The molecule has 0 saturated heterocycles. The molecule has 106 valence electrons. The number of hydrogen-bond acceptors (Lipinski definition) is 4. The van der Waals surface area contributed by atoms with Crippen molar-refractivity contribution < 1.29 is 9.84 Å². The quantitative estimate of drug-likeness (QED) is 0.845. The van der Waals surface area contributed by atoms with Crippen molar-refractivity contribution in [3.8, 4) is 5.75 Å². The van der Waals surface area contributed by atoms with Gasteiger partial charge >= 0.3 is 0 Å². The zero-order valence-corrected chi connectivity index (χ0v) is 11.7. The highest BCUT2D eigenvalue weighted by Crippen LogP contribution is 2.21. The van der Waals surface area contributed by atoms with E-state index in [-0.39, 0.29) is 6.61 Å². The predicted molar refractivity (Wildman–Crippen MR) is 78.9 cm³/mol. The Balaban J connectivity index is 1.60. The summed E-state index contributed by atoms with van der Waals surface area (Å²) in [7, 11) is 0. The topological polar surface area (TPSA) is 54.4 Å². The van der Waals surface area contributed by atoms with E-state index in [2.05, 4.69) is 10.3 Å². The van der Waals surface area contributed by atoms with E-state index in [9.17, 15) is 5.11 Å². The molecule has 2 aromatic rings. The lowest BCUT2D eigenvalue weighted by molar-refractivity contribution is 0.0120. The number of aliphatic hydroxyl groups is 1. The third kappa shape index (κ3) is 3.46. The summed E-state index contributed by atoms with van der Waals surface area (Å²) in [6.45, 7) is 2.62. The van der Waals surface area contributed by atoms with Gasteiger partial charge in [-0.05, 0) is 38.0 Å². The van der Waals surface area contributed by atoms with E-state index in [1.165, 1.54) is 12.8 Å². The molecular weight excluding hydrogens is 252 g/mol. The van der Waals surface area contributed by atoms with Crippen molar-refractivity contribution in [2.24, 2.45) is 0 Å². The van der Waals surface area contributed by atoms with Crippen LogP contribution in [0.2, 0.25) is 0 Å². The Morgan fingerprint density at radius 1 is 1.40 bits per heavy atom. The van der Waals surface area contributed by atoms with Crippen molar-refractivity contribution in [3.63, 3.8) is 0 Å². The van der Waals surface area contributed by atoms with Gasteiger partial charge in [-0.25, -0.2) is 0 Å². The van der Waals surface area contributed by atoms with Crippen molar-refractivity contribution >= 4 is 10.9 Å². The number of rotatable bonds is 6. The van der Waals surface area contributed by atoms with Gasteiger partial charge in [0.2, 0.25) is 0 Å². The second kappa shape index (κ2) is 5.38. The van der Waals surface area contributed by atoms with Crippen LogP contribution in [-0.2, 0) is 0 Å². The molecule has 1 aliphatic carbocycles. The average Bonchev–Trinajstić information content (AvgIpc) is 3.27. The van der Waals surface area contributed by atoms with Gasteiger partial charge in [-0.15, -0.1) is 0 Å². The van der Waals surface area contributed by atoms with E-state index < -0.39 is 5.60 Å². The van der Waals surface area contributed by atoms with Crippen LogP contribution < -0.4 is 10.1 Å². The van der Waals surface area contributed by atoms with Crippen LogP contribution in [0.4, 0.5) is 0 Å². The van der Waals surface area contributed by atoms with Gasteiger partial charge in [0.1, 0.15) is 18.0 Å². The lowest BCUT2D eigenvalue weighted by Crippen LogP contribution is -2.43. The van der Waals surface area contributed by atoms with Crippen molar-refractivity contribution in [2.75, 3.05) is 13.2 Å². The van der Waals surface area contributed by atoms with Crippen molar-refractivity contribution in [1.29, 1.82) is 0 Å². The summed E-state index contributed by atoms with van der Waals surface area (Å²) in [5.41, 5.74) is 0.0440. The van der Waals surface area contributed by atoms with Gasteiger partial charge in [-0.1, -0.05) is 6.07 Å². The van der Waals surface area contributed by atoms with Crippen molar-refractivity contribution in [2.45, 2.75) is 31.4 Å². The minimum absolute atomic E-state index is 0.269. The second-order valence-corrected chi connectivity index (χ2v) is 5.80. The number of nitrogens with zero attached hydrogens (tertiary/aromatic N) is 1. The lowest BCUT2D eigenvalue weighted by Gasteiger charge is -2.24. The van der Waals surface area contributed by atoms with Crippen LogP contribution in [0, 0.1) is 0 Å². The fraction of sp³-hybridized carbons (Fsp3) is 0.438. The molecule has 20 heavy (non-hydrogen) atoms. The smallest absolute Gasteiger partial charge is 0.121 e. The van der Waals surface area contributed by atoms with Crippen molar-refractivity contribution in [3.05, 3.63) is 36.5 Å². The average molecular weight is 272 g/mol. The molecule has 0 radical (unpaired) electrons. The molecule has 1 heterocycles. The zero-order valence-electron chi connectivity index (χ0n) is 11.7. The number of nitrogens with one attached hydrogen (secondary N) is 1. The maximum atomic E-state index is 10.3. The number of hydrogen-bond donors (Lipinski definition) is 2. The number of benzene rings is 1. The zero-order chi connectivity index (χ0) is 14.0. The van der Waals surface area contributed by atoms with Gasteiger partial charge in [0, 0.05) is 30.2 Å². The third-order valence-electron chi connectivity index (χ3n) is 3.48. The molecule has 0 spiro atoms. The summed E-state index contributed by atoms with van der Waals surface area (Å²) < 4.78 is 5.70. The molecule has 2 N–H and O–H groups in total. The Bertz CT molecular complexity index is 594. The first-order valence-electron chi connectivity index (χ1n) is 7.06. The van der Waals surface area contributed by atoms with Crippen LogP contribution >= 0.6 is 0 Å². The standard InChI is InChI=1S/C16H20N2O2/c1-16(19,10-18-13-5-6-13)11-20-14-7-4-12-3-2-8-17-15(12)9-14/h2-4,7-9,13,18-19H,5-6,10-11H2,1H3. The Labute approximate surface area is 118 Å². The third-order valence-corrected chi connectivity index (χ3v) is 3.48. The monoisotopic (exact) mass is 272 g/mol. The highest BCUT2D eigenvalue weighted by Gasteiger charge is 2.27. The molecule has 1 aromatic carbocycles. The summed E-state index contributed by atoms with van der Waals surface area (Å²) in [6.07, 6.45) is 4.20. The van der Waals surface area contributed by atoms with Crippen LogP contribution in [0.5, 0.6) is 5.75 Å². The number of pyridine rings is 1. The highest BCUT2D eigenvalue weighted by atomic mass is 16.5. The molecule has 0 amide bonds. The molecule has 0 aliphatic heterocycles. The van der Waals surface area contributed by atoms with E-state index in [1.807, 2.05) is 30.3 Å². The Morgan fingerprint density at radius 3 is 3.05 bits per heavy atom. The summed E-state index contributed by atoms with van der Waals surface area (Å²) in [4.78, 5) is 4.30. The Kier molecular flexibility index (Phi) is 3.59.